The smallest absolute Gasteiger partial charge is 0.255 e. The standard InChI is InChI=1S/C19H15F4N3O3/c1-28-15-4-3-10(5-16(15)29-2)19(27)25-11-7-24-26(8-11)9-12-13(20)6-14(21)18(23)17(12)22/h3-8H,9H2,1-2H3,(H,25,27). The Labute approximate surface area is 162 Å². The molecule has 0 saturated carbocycles. The zero-order chi connectivity index (χ0) is 21.1. The van der Waals surface area contributed by atoms with Crippen LogP contribution in [0.25, 0.3) is 0 Å². The SMILES string of the molecule is COc1ccc(C(=O)Nc2cnn(Cc3c(F)cc(F)c(F)c3F)c2)cc1OC. The summed E-state index contributed by atoms with van der Waals surface area (Å²) in [5.41, 5.74) is -0.189. The Morgan fingerprint density at radius 3 is 2.45 bits per heavy atom. The number of halogens is 4. The van der Waals surface area contributed by atoms with Crippen molar-refractivity contribution >= 4 is 11.6 Å². The third-order valence-electron chi connectivity index (χ3n) is 4.07. The van der Waals surface area contributed by atoms with Gasteiger partial charge in [0.25, 0.3) is 5.91 Å². The molecule has 0 spiro atoms. The molecular weight excluding hydrogens is 394 g/mol. The van der Waals surface area contributed by atoms with E-state index in [1.54, 1.807) is 6.07 Å². The first-order valence-corrected chi connectivity index (χ1v) is 8.21. The number of aromatic nitrogens is 2. The second-order valence-corrected chi connectivity index (χ2v) is 5.90. The van der Waals surface area contributed by atoms with Crippen LogP contribution in [0.1, 0.15) is 15.9 Å². The Kier molecular flexibility index (Phi) is 5.71. The van der Waals surface area contributed by atoms with Crippen molar-refractivity contribution in [3.05, 3.63) is 71.1 Å². The van der Waals surface area contributed by atoms with Crippen molar-refractivity contribution in [3.8, 4) is 11.5 Å². The minimum Gasteiger partial charge on any atom is -0.493 e. The monoisotopic (exact) mass is 409 g/mol. The zero-order valence-electron chi connectivity index (χ0n) is 15.3. The van der Waals surface area contributed by atoms with Crippen molar-refractivity contribution in [3.63, 3.8) is 0 Å². The zero-order valence-corrected chi connectivity index (χ0v) is 15.3. The molecular formula is C19H15F4N3O3. The molecule has 0 unspecified atom stereocenters. The van der Waals surface area contributed by atoms with Gasteiger partial charge in [-0.15, -0.1) is 0 Å². The van der Waals surface area contributed by atoms with Crippen molar-refractivity contribution in [2.75, 3.05) is 19.5 Å². The number of hydrogen-bond acceptors (Lipinski definition) is 4. The quantitative estimate of drug-likeness (QED) is 0.383. The lowest BCUT2D eigenvalue weighted by molar-refractivity contribution is 0.102. The Bertz CT molecular complexity index is 1070. The van der Waals surface area contributed by atoms with Crippen LogP contribution in [0.2, 0.25) is 0 Å². The molecule has 0 fully saturated rings. The highest BCUT2D eigenvalue weighted by molar-refractivity contribution is 6.04. The van der Waals surface area contributed by atoms with Crippen molar-refractivity contribution in [1.29, 1.82) is 0 Å². The van der Waals surface area contributed by atoms with E-state index in [1.807, 2.05) is 0 Å². The van der Waals surface area contributed by atoms with Gasteiger partial charge >= 0.3 is 0 Å². The summed E-state index contributed by atoms with van der Waals surface area (Å²) >= 11 is 0. The maximum atomic E-state index is 13.8. The Balaban J connectivity index is 1.76. The van der Waals surface area contributed by atoms with Crippen LogP contribution >= 0.6 is 0 Å². The molecule has 2 aromatic carbocycles. The molecule has 0 radical (unpaired) electrons. The lowest BCUT2D eigenvalue weighted by Gasteiger charge is -2.09. The fourth-order valence-electron chi connectivity index (χ4n) is 2.61. The van der Waals surface area contributed by atoms with Gasteiger partial charge < -0.3 is 14.8 Å². The van der Waals surface area contributed by atoms with Crippen LogP contribution in [-0.4, -0.2) is 29.9 Å². The molecule has 29 heavy (non-hydrogen) atoms. The first kappa shape index (κ1) is 20.2. The van der Waals surface area contributed by atoms with Gasteiger partial charge in [0.15, 0.2) is 29.0 Å². The Morgan fingerprint density at radius 2 is 1.76 bits per heavy atom. The number of methoxy groups -OCH3 is 2. The average molecular weight is 409 g/mol. The van der Waals surface area contributed by atoms with Crippen LogP contribution < -0.4 is 14.8 Å². The van der Waals surface area contributed by atoms with Gasteiger partial charge in [-0.3, -0.25) is 9.48 Å². The second kappa shape index (κ2) is 8.21. The number of amides is 1. The molecule has 0 aliphatic heterocycles. The first-order valence-electron chi connectivity index (χ1n) is 8.21. The number of carbonyl (C=O) groups is 1. The van der Waals surface area contributed by atoms with Gasteiger partial charge in [-0.25, -0.2) is 17.6 Å². The van der Waals surface area contributed by atoms with Gasteiger partial charge in [-0.2, -0.15) is 5.10 Å². The van der Waals surface area contributed by atoms with E-state index in [4.69, 9.17) is 9.47 Å². The highest BCUT2D eigenvalue weighted by atomic mass is 19.2. The summed E-state index contributed by atoms with van der Waals surface area (Å²) in [6.45, 7) is -0.499. The number of anilines is 1. The normalized spacial score (nSPS) is 10.7. The van der Waals surface area contributed by atoms with E-state index >= 15 is 0 Å². The largest absolute Gasteiger partial charge is 0.493 e. The lowest BCUT2D eigenvalue weighted by Crippen LogP contribution is -2.12. The van der Waals surface area contributed by atoms with E-state index < -0.39 is 41.3 Å². The summed E-state index contributed by atoms with van der Waals surface area (Å²) in [4.78, 5) is 12.4. The molecule has 1 N–H and O–H groups in total. The van der Waals surface area contributed by atoms with E-state index in [9.17, 15) is 22.4 Å². The van der Waals surface area contributed by atoms with Gasteiger partial charge in [0, 0.05) is 23.4 Å². The van der Waals surface area contributed by atoms with Gasteiger partial charge in [0.1, 0.15) is 5.82 Å². The van der Waals surface area contributed by atoms with Crippen molar-refractivity contribution in [1.82, 2.24) is 9.78 Å². The van der Waals surface area contributed by atoms with E-state index in [1.165, 1.54) is 38.7 Å². The van der Waals surface area contributed by atoms with Crippen molar-refractivity contribution in [2.24, 2.45) is 0 Å². The minimum absolute atomic E-state index is 0.230. The maximum absolute atomic E-state index is 13.8. The van der Waals surface area contributed by atoms with Crippen LogP contribution in [0.15, 0.2) is 36.7 Å². The molecule has 0 saturated heterocycles. The van der Waals surface area contributed by atoms with E-state index in [0.717, 1.165) is 4.68 Å². The highest BCUT2D eigenvalue weighted by Crippen LogP contribution is 2.28. The number of benzene rings is 2. The molecule has 3 aromatic rings. The average Bonchev–Trinajstić information content (AvgIpc) is 3.15. The summed E-state index contributed by atoms with van der Waals surface area (Å²) in [6, 6.07) is 4.82. The van der Waals surface area contributed by atoms with Gasteiger partial charge in [-0.1, -0.05) is 0 Å². The van der Waals surface area contributed by atoms with Crippen LogP contribution in [-0.2, 0) is 6.54 Å². The molecule has 0 aliphatic carbocycles. The Morgan fingerprint density at radius 1 is 1.03 bits per heavy atom. The van der Waals surface area contributed by atoms with E-state index in [-0.39, 0.29) is 17.3 Å². The van der Waals surface area contributed by atoms with E-state index in [2.05, 4.69) is 10.4 Å². The maximum Gasteiger partial charge on any atom is 0.255 e. The van der Waals surface area contributed by atoms with Crippen LogP contribution in [0, 0.1) is 23.3 Å². The molecule has 1 heterocycles. The number of rotatable bonds is 6. The molecule has 0 aliphatic rings. The number of nitrogens with zero attached hydrogens (tertiary/aromatic N) is 2. The van der Waals surface area contributed by atoms with Crippen LogP contribution in [0.5, 0.6) is 11.5 Å². The summed E-state index contributed by atoms with van der Waals surface area (Å²) in [5.74, 6) is -5.94. The topological polar surface area (TPSA) is 65.4 Å². The lowest BCUT2D eigenvalue weighted by atomic mass is 10.2. The second-order valence-electron chi connectivity index (χ2n) is 5.90. The van der Waals surface area contributed by atoms with Crippen LogP contribution in [0.4, 0.5) is 23.2 Å². The van der Waals surface area contributed by atoms with Gasteiger partial charge in [-0.05, 0) is 18.2 Å². The van der Waals surface area contributed by atoms with Crippen molar-refractivity contribution in [2.45, 2.75) is 6.54 Å². The highest BCUT2D eigenvalue weighted by Gasteiger charge is 2.20. The molecule has 0 atom stereocenters. The minimum atomic E-state index is -1.77. The predicted octanol–water partition coefficient (Wildman–Crippen LogP) is 3.76. The number of ether oxygens (including phenoxy) is 2. The van der Waals surface area contributed by atoms with Crippen LogP contribution in [0.3, 0.4) is 0 Å². The third-order valence-corrected chi connectivity index (χ3v) is 4.07. The van der Waals surface area contributed by atoms with Gasteiger partial charge in [0.05, 0.1) is 32.6 Å². The summed E-state index contributed by atoms with van der Waals surface area (Å²) in [7, 11) is 2.89. The number of nitrogens with one attached hydrogen (secondary N) is 1. The summed E-state index contributed by atoms with van der Waals surface area (Å²) in [6.07, 6.45) is 2.53. The molecule has 10 heteroatoms. The predicted molar refractivity (Wildman–Crippen MR) is 95.1 cm³/mol. The number of carbonyl (C=O) groups excluding carboxylic acids is 1. The fraction of sp³-hybridized carbons (Fsp3) is 0.158. The first-order chi connectivity index (χ1) is 13.8. The summed E-state index contributed by atoms with van der Waals surface area (Å²) in [5, 5.41) is 6.42. The summed E-state index contributed by atoms with van der Waals surface area (Å²) < 4.78 is 65.2. The Hall–Kier alpha value is -3.56. The molecule has 152 valence electrons. The molecule has 1 aromatic heterocycles. The molecule has 6 nitrogen and oxygen atoms in total. The van der Waals surface area contributed by atoms with E-state index in [0.29, 0.717) is 11.5 Å². The fourth-order valence-corrected chi connectivity index (χ4v) is 2.61. The third kappa shape index (κ3) is 4.15. The molecule has 1 amide bonds. The van der Waals surface area contributed by atoms with Crippen molar-refractivity contribution < 1.29 is 31.8 Å². The van der Waals surface area contributed by atoms with Gasteiger partial charge in [0.2, 0.25) is 0 Å². The molecule has 0 bridgehead atoms. The molecule has 3 rings (SSSR count). The number of hydrogen-bond donors (Lipinski definition) is 1.